The fraction of sp³-hybridized carbons (Fsp3) is 1.00. The molecule has 0 aromatic carbocycles. The highest BCUT2D eigenvalue weighted by Gasteiger charge is 2.41. The van der Waals surface area contributed by atoms with Crippen LogP contribution in [0, 0.1) is 35.0 Å². The molecular weight excluding hydrogens is 272 g/mol. The third-order valence-corrected chi connectivity index (χ3v) is 6.83. The number of hydrogen-bond donors (Lipinski definition) is 2. The molecule has 0 amide bonds. The van der Waals surface area contributed by atoms with Crippen LogP contribution < -0.4 is 0 Å². The van der Waals surface area contributed by atoms with E-state index in [0.717, 1.165) is 12.8 Å². The minimum atomic E-state index is -0.159. The predicted octanol–water partition coefficient (Wildman–Crippen LogP) is 4.63. The van der Waals surface area contributed by atoms with Crippen LogP contribution >= 0.6 is 0 Å². The minimum Gasteiger partial charge on any atom is -0.393 e. The van der Waals surface area contributed by atoms with Gasteiger partial charge in [-0.1, -0.05) is 41.0 Å². The minimum absolute atomic E-state index is 0.0754. The molecule has 0 saturated heterocycles. The first-order valence-corrected chi connectivity index (χ1v) is 9.58. The van der Waals surface area contributed by atoms with E-state index in [2.05, 4.69) is 34.6 Å². The Morgan fingerprint density at radius 1 is 1.00 bits per heavy atom. The van der Waals surface area contributed by atoms with E-state index in [1.807, 2.05) is 0 Å². The van der Waals surface area contributed by atoms with Crippen LogP contribution in [0.25, 0.3) is 0 Å². The predicted molar refractivity (Wildman–Crippen MR) is 92.6 cm³/mol. The molecule has 0 heterocycles. The van der Waals surface area contributed by atoms with Crippen molar-refractivity contribution >= 4 is 0 Å². The Balaban J connectivity index is 1.88. The highest BCUT2D eigenvalue weighted by molar-refractivity contribution is 4.91. The number of aliphatic hydroxyl groups is 2. The van der Waals surface area contributed by atoms with Gasteiger partial charge in [0.1, 0.15) is 0 Å². The summed E-state index contributed by atoms with van der Waals surface area (Å²) in [6.45, 7) is 11.2. The molecule has 0 radical (unpaired) electrons. The van der Waals surface area contributed by atoms with Crippen LogP contribution in [0.15, 0.2) is 0 Å². The smallest absolute Gasteiger partial charge is 0.0621 e. The molecule has 2 saturated carbocycles. The first-order chi connectivity index (χ1) is 10.2. The SMILES string of the molecule is CC(C)C1CCC(CC(C)C2CCCC(C)(C)C2O)CC1O. The topological polar surface area (TPSA) is 40.5 Å². The summed E-state index contributed by atoms with van der Waals surface area (Å²) in [5, 5.41) is 21.1. The number of aliphatic hydroxyl groups excluding tert-OH is 2. The van der Waals surface area contributed by atoms with Gasteiger partial charge >= 0.3 is 0 Å². The van der Waals surface area contributed by atoms with Crippen molar-refractivity contribution in [2.24, 2.45) is 35.0 Å². The van der Waals surface area contributed by atoms with Crippen LogP contribution in [0.2, 0.25) is 0 Å². The van der Waals surface area contributed by atoms with Crippen molar-refractivity contribution in [3.05, 3.63) is 0 Å². The number of rotatable bonds is 4. The lowest BCUT2D eigenvalue weighted by Crippen LogP contribution is -2.43. The fourth-order valence-electron chi connectivity index (χ4n) is 5.22. The molecule has 2 aliphatic rings. The van der Waals surface area contributed by atoms with Gasteiger partial charge < -0.3 is 10.2 Å². The zero-order valence-electron chi connectivity index (χ0n) is 15.4. The maximum Gasteiger partial charge on any atom is 0.0621 e. The molecule has 6 atom stereocenters. The van der Waals surface area contributed by atoms with Crippen molar-refractivity contribution in [1.29, 1.82) is 0 Å². The second-order valence-corrected chi connectivity index (χ2v) is 9.36. The molecular formula is C20H38O2. The summed E-state index contributed by atoms with van der Waals surface area (Å²) in [4.78, 5) is 0. The van der Waals surface area contributed by atoms with Crippen molar-refractivity contribution in [3.8, 4) is 0 Å². The highest BCUT2D eigenvalue weighted by atomic mass is 16.3. The van der Waals surface area contributed by atoms with Crippen molar-refractivity contribution < 1.29 is 10.2 Å². The lowest BCUT2D eigenvalue weighted by Gasteiger charge is -2.44. The van der Waals surface area contributed by atoms with E-state index in [-0.39, 0.29) is 17.6 Å². The fourth-order valence-corrected chi connectivity index (χ4v) is 5.22. The summed E-state index contributed by atoms with van der Waals surface area (Å²) >= 11 is 0. The largest absolute Gasteiger partial charge is 0.393 e. The third kappa shape index (κ3) is 4.06. The van der Waals surface area contributed by atoms with Gasteiger partial charge in [0.25, 0.3) is 0 Å². The molecule has 0 aliphatic heterocycles. The van der Waals surface area contributed by atoms with Crippen molar-refractivity contribution in [2.75, 3.05) is 0 Å². The summed E-state index contributed by atoms with van der Waals surface area (Å²) in [5.41, 5.74) is 0.0754. The molecule has 0 spiro atoms. The summed E-state index contributed by atoms with van der Waals surface area (Å²) in [6.07, 6.45) is 7.89. The van der Waals surface area contributed by atoms with Crippen molar-refractivity contribution in [3.63, 3.8) is 0 Å². The molecule has 2 heteroatoms. The van der Waals surface area contributed by atoms with Crippen molar-refractivity contribution in [2.45, 2.75) is 91.8 Å². The summed E-state index contributed by atoms with van der Waals surface area (Å²) in [6, 6.07) is 0. The maximum absolute atomic E-state index is 10.7. The first-order valence-electron chi connectivity index (χ1n) is 9.58. The van der Waals surface area contributed by atoms with Crippen LogP contribution in [0.5, 0.6) is 0 Å². The lowest BCUT2D eigenvalue weighted by atomic mass is 9.64. The average molecular weight is 311 g/mol. The lowest BCUT2D eigenvalue weighted by molar-refractivity contribution is -0.0576. The Hall–Kier alpha value is -0.0800. The summed E-state index contributed by atoms with van der Waals surface area (Å²) in [7, 11) is 0. The van der Waals surface area contributed by atoms with E-state index < -0.39 is 0 Å². The van der Waals surface area contributed by atoms with Crippen LogP contribution in [-0.4, -0.2) is 22.4 Å². The van der Waals surface area contributed by atoms with Crippen LogP contribution in [0.1, 0.15) is 79.6 Å². The zero-order valence-corrected chi connectivity index (χ0v) is 15.4. The standard InChI is InChI=1S/C20H38O2/c1-13(2)16-9-8-15(12-18(16)21)11-14(3)17-7-6-10-20(4,5)19(17)22/h13-19,21-22H,6-12H2,1-5H3. The molecule has 0 aromatic heterocycles. The molecule has 2 nitrogen and oxygen atoms in total. The zero-order chi connectivity index (χ0) is 16.5. The maximum atomic E-state index is 10.7. The summed E-state index contributed by atoms with van der Waals surface area (Å²) < 4.78 is 0. The summed E-state index contributed by atoms with van der Waals surface area (Å²) in [5.74, 6) is 2.75. The third-order valence-electron chi connectivity index (χ3n) is 6.83. The number of hydrogen-bond acceptors (Lipinski definition) is 2. The molecule has 2 aliphatic carbocycles. The van der Waals surface area contributed by atoms with Gasteiger partial charge in [-0.15, -0.1) is 0 Å². The Bertz CT molecular complexity index is 350. The van der Waals surface area contributed by atoms with E-state index in [1.54, 1.807) is 0 Å². The monoisotopic (exact) mass is 310 g/mol. The van der Waals surface area contributed by atoms with E-state index in [9.17, 15) is 10.2 Å². The second kappa shape index (κ2) is 7.21. The van der Waals surface area contributed by atoms with Crippen LogP contribution in [-0.2, 0) is 0 Å². The quantitative estimate of drug-likeness (QED) is 0.794. The van der Waals surface area contributed by atoms with E-state index in [4.69, 9.17) is 0 Å². The Kier molecular flexibility index (Phi) is 5.99. The van der Waals surface area contributed by atoms with Gasteiger partial charge in [-0.25, -0.2) is 0 Å². The molecule has 2 rings (SSSR count). The van der Waals surface area contributed by atoms with Crippen molar-refractivity contribution in [1.82, 2.24) is 0 Å². The van der Waals surface area contributed by atoms with E-state index >= 15 is 0 Å². The molecule has 0 bridgehead atoms. The van der Waals surface area contributed by atoms with E-state index in [1.165, 1.54) is 32.1 Å². The molecule has 130 valence electrons. The van der Waals surface area contributed by atoms with Gasteiger partial charge in [-0.2, -0.15) is 0 Å². The van der Waals surface area contributed by atoms with Gasteiger partial charge in [0, 0.05) is 0 Å². The Morgan fingerprint density at radius 2 is 1.68 bits per heavy atom. The second-order valence-electron chi connectivity index (χ2n) is 9.36. The van der Waals surface area contributed by atoms with Gasteiger partial charge in [0.05, 0.1) is 12.2 Å². The van der Waals surface area contributed by atoms with Crippen LogP contribution in [0.4, 0.5) is 0 Å². The molecule has 2 N–H and O–H groups in total. The molecule has 6 unspecified atom stereocenters. The Labute approximate surface area is 137 Å². The van der Waals surface area contributed by atoms with Gasteiger partial charge in [-0.3, -0.25) is 0 Å². The first kappa shape index (κ1) is 18.3. The average Bonchev–Trinajstić information content (AvgIpc) is 2.41. The molecule has 2 fully saturated rings. The van der Waals surface area contributed by atoms with Gasteiger partial charge in [0.2, 0.25) is 0 Å². The van der Waals surface area contributed by atoms with E-state index in [0.29, 0.717) is 29.6 Å². The highest BCUT2D eigenvalue weighted by Crippen LogP contribution is 2.45. The van der Waals surface area contributed by atoms with Gasteiger partial charge in [0.15, 0.2) is 0 Å². The van der Waals surface area contributed by atoms with Gasteiger partial charge in [-0.05, 0) is 73.5 Å². The normalized spacial score (nSPS) is 40.6. The molecule has 22 heavy (non-hydrogen) atoms. The molecule has 0 aromatic rings. The van der Waals surface area contributed by atoms with Crippen LogP contribution in [0.3, 0.4) is 0 Å². The Morgan fingerprint density at radius 3 is 2.27 bits per heavy atom.